The number of carboxylic acid groups (broad SMARTS) is 1. The summed E-state index contributed by atoms with van der Waals surface area (Å²) in [5, 5.41) is 9.25. The van der Waals surface area contributed by atoms with Crippen LogP contribution in [0.5, 0.6) is 0 Å². The lowest BCUT2D eigenvalue weighted by molar-refractivity contribution is -0.146. The van der Waals surface area contributed by atoms with Gasteiger partial charge in [-0.1, -0.05) is 26.8 Å². The molecular formula is C17H24N2O2. The Labute approximate surface area is 125 Å². The Morgan fingerprint density at radius 3 is 2.38 bits per heavy atom. The SMILES string of the molecule is Cn1c(C(C)(C)C)nc2cc(CC(C)(C)C(=O)O)ccc21. The van der Waals surface area contributed by atoms with Crippen molar-refractivity contribution >= 4 is 17.0 Å². The molecule has 4 heteroatoms. The monoisotopic (exact) mass is 288 g/mol. The maximum absolute atomic E-state index is 11.3. The van der Waals surface area contributed by atoms with Crippen molar-refractivity contribution in [3.63, 3.8) is 0 Å². The van der Waals surface area contributed by atoms with Crippen LogP contribution in [0.25, 0.3) is 11.0 Å². The van der Waals surface area contributed by atoms with Crippen LogP contribution in [0.1, 0.15) is 46.0 Å². The Balaban J connectivity index is 2.46. The first kappa shape index (κ1) is 15.5. The van der Waals surface area contributed by atoms with E-state index in [4.69, 9.17) is 4.98 Å². The number of imidazole rings is 1. The first-order valence-corrected chi connectivity index (χ1v) is 7.21. The van der Waals surface area contributed by atoms with E-state index in [0.717, 1.165) is 22.4 Å². The summed E-state index contributed by atoms with van der Waals surface area (Å²) < 4.78 is 2.11. The van der Waals surface area contributed by atoms with Gasteiger partial charge in [0.05, 0.1) is 16.4 Å². The number of fused-ring (bicyclic) bond motifs is 1. The maximum Gasteiger partial charge on any atom is 0.309 e. The molecule has 2 rings (SSSR count). The lowest BCUT2D eigenvalue weighted by atomic mass is 9.86. The summed E-state index contributed by atoms with van der Waals surface area (Å²) >= 11 is 0. The fraction of sp³-hybridized carbons (Fsp3) is 0.529. The maximum atomic E-state index is 11.3. The molecule has 2 aromatic rings. The van der Waals surface area contributed by atoms with Gasteiger partial charge in [-0.3, -0.25) is 4.79 Å². The van der Waals surface area contributed by atoms with Gasteiger partial charge in [0, 0.05) is 12.5 Å². The van der Waals surface area contributed by atoms with Gasteiger partial charge >= 0.3 is 5.97 Å². The number of benzene rings is 1. The van der Waals surface area contributed by atoms with Crippen LogP contribution >= 0.6 is 0 Å². The van der Waals surface area contributed by atoms with Crippen molar-refractivity contribution in [2.24, 2.45) is 12.5 Å². The van der Waals surface area contributed by atoms with E-state index < -0.39 is 11.4 Å². The van der Waals surface area contributed by atoms with Crippen LogP contribution in [-0.4, -0.2) is 20.6 Å². The van der Waals surface area contributed by atoms with Crippen molar-refractivity contribution in [1.29, 1.82) is 0 Å². The largest absolute Gasteiger partial charge is 0.481 e. The number of hydrogen-bond donors (Lipinski definition) is 1. The van der Waals surface area contributed by atoms with Crippen molar-refractivity contribution in [2.45, 2.75) is 46.5 Å². The van der Waals surface area contributed by atoms with E-state index in [1.165, 1.54) is 0 Å². The molecule has 1 aromatic heterocycles. The summed E-state index contributed by atoms with van der Waals surface area (Å²) in [5.41, 5.74) is 2.23. The zero-order valence-corrected chi connectivity index (χ0v) is 13.7. The highest BCUT2D eigenvalue weighted by molar-refractivity contribution is 5.78. The highest BCUT2D eigenvalue weighted by atomic mass is 16.4. The van der Waals surface area contributed by atoms with Crippen LogP contribution in [0.4, 0.5) is 0 Å². The van der Waals surface area contributed by atoms with Gasteiger partial charge in [0.25, 0.3) is 0 Å². The van der Waals surface area contributed by atoms with Crippen LogP contribution < -0.4 is 0 Å². The molecular weight excluding hydrogens is 264 g/mol. The molecule has 0 saturated heterocycles. The Morgan fingerprint density at radius 2 is 1.86 bits per heavy atom. The average Bonchev–Trinajstić information content (AvgIpc) is 2.65. The molecule has 114 valence electrons. The molecule has 0 aliphatic carbocycles. The second kappa shape index (κ2) is 4.86. The topological polar surface area (TPSA) is 55.1 Å². The number of hydrogen-bond acceptors (Lipinski definition) is 2. The summed E-state index contributed by atoms with van der Waals surface area (Å²) in [5.74, 6) is 0.256. The summed E-state index contributed by atoms with van der Waals surface area (Å²) in [6.07, 6.45) is 0.500. The van der Waals surface area contributed by atoms with E-state index in [2.05, 4.69) is 25.3 Å². The van der Waals surface area contributed by atoms with E-state index in [1.54, 1.807) is 13.8 Å². The minimum atomic E-state index is -0.779. The molecule has 0 aliphatic heterocycles. The molecule has 4 nitrogen and oxygen atoms in total. The van der Waals surface area contributed by atoms with Gasteiger partial charge in [-0.25, -0.2) is 4.98 Å². The van der Waals surface area contributed by atoms with Gasteiger partial charge in [0.2, 0.25) is 0 Å². The van der Waals surface area contributed by atoms with Crippen LogP contribution in [-0.2, 0) is 23.7 Å². The Kier molecular flexibility index (Phi) is 3.60. The van der Waals surface area contributed by atoms with Crippen molar-refractivity contribution < 1.29 is 9.90 Å². The van der Waals surface area contributed by atoms with Crippen LogP contribution in [0.2, 0.25) is 0 Å². The van der Waals surface area contributed by atoms with Crippen LogP contribution in [0.3, 0.4) is 0 Å². The van der Waals surface area contributed by atoms with Crippen molar-refractivity contribution in [1.82, 2.24) is 9.55 Å². The molecule has 0 aliphatic rings. The predicted octanol–water partition coefficient (Wildman–Crippen LogP) is 3.52. The summed E-state index contributed by atoms with van der Waals surface area (Å²) in [7, 11) is 2.02. The molecule has 1 N–H and O–H groups in total. The van der Waals surface area contributed by atoms with Crippen molar-refractivity contribution in [2.75, 3.05) is 0 Å². The summed E-state index contributed by atoms with van der Waals surface area (Å²) in [6.45, 7) is 9.92. The molecule has 1 heterocycles. The molecule has 0 unspecified atom stereocenters. The fourth-order valence-corrected chi connectivity index (χ4v) is 2.61. The van der Waals surface area contributed by atoms with Crippen molar-refractivity contribution in [3.05, 3.63) is 29.6 Å². The second-order valence-electron chi connectivity index (χ2n) is 7.43. The minimum absolute atomic E-state index is 0.0196. The van der Waals surface area contributed by atoms with Gasteiger partial charge in [-0.15, -0.1) is 0 Å². The molecule has 0 fully saturated rings. The average molecular weight is 288 g/mol. The van der Waals surface area contributed by atoms with Gasteiger partial charge in [0.15, 0.2) is 0 Å². The first-order valence-electron chi connectivity index (χ1n) is 7.21. The number of carboxylic acids is 1. The Morgan fingerprint density at radius 1 is 1.24 bits per heavy atom. The Bertz CT molecular complexity index is 691. The predicted molar refractivity (Wildman–Crippen MR) is 84.5 cm³/mol. The third kappa shape index (κ3) is 2.94. The van der Waals surface area contributed by atoms with E-state index in [0.29, 0.717) is 6.42 Å². The highest BCUT2D eigenvalue weighted by Crippen LogP contribution is 2.28. The highest BCUT2D eigenvalue weighted by Gasteiger charge is 2.28. The number of aryl methyl sites for hydroxylation is 1. The quantitative estimate of drug-likeness (QED) is 0.940. The van der Waals surface area contributed by atoms with Gasteiger partial charge in [0.1, 0.15) is 5.82 Å². The number of nitrogens with zero attached hydrogens (tertiary/aromatic N) is 2. The van der Waals surface area contributed by atoms with E-state index >= 15 is 0 Å². The Hall–Kier alpha value is -1.84. The first-order chi connectivity index (χ1) is 9.52. The number of rotatable bonds is 3. The van der Waals surface area contributed by atoms with E-state index in [1.807, 2.05) is 25.2 Å². The summed E-state index contributed by atoms with van der Waals surface area (Å²) in [6, 6.07) is 6.04. The van der Waals surface area contributed by atoms with Crippen LogP contribution in [0.15, 0.2) is 18.2 Å². The number of aromatic nitrogens is 2. The number of carbonyl (C=O) groups is 1. The summed E-state index contributed by atoms with van der Waals surface area (Å²) in [4.78, 5) is 16.0. The zero-order chi connectivity index (χ0) is 16.0. The van der Waals surface area contributed by atoms with Gasteiger partial charge in [-0.05, 0) is 38.0 Å². The molecule has 0 spiro atoms. The fourth-order valence-electron chi connectivity index (χ4n) is 2.61. The molecule has 0 saturated carbocycles. The van der Waals surface area contributed by atoms with Crippen molar-refractivity contribution in [3.8, 4) is 0 Å². The number of aliphatic carboxylic acids is 1. The molecule has 0 bridgehead atoms. The molecule has 1 aromatic carbocycles. The van der Waals surface area contributed by atoms with Gasteiger partial charge in [-0.2, -0.15) is 0 Å². The third-order valence-corrected chi connectivity index (χ3v) is 3.84. The second-order valence-corrected chi connectivity index (χ2v) is 7.43. The van der Waals surface area contributed by atoms with Gasteiger partial charge < -0.3 is 9.67 Å². The smallest absolute Gasteiger partial charge is 0.309 e. The minimum Gasteiger partial charge on any atom is -0.481 e. The van der Waals surface area contributed by atoms with E-state index in [9.17, 15) is 9.90 Å². The lowest BCUT2D eigenvalue weighted by Crippen LogP contribution is -2.26. The lowest BCUT2D eigenvalue weighted by Gasteiger charge is -2.18. The standard InChI is InChI=1S/C17H24N2O2/c1-16(2,3)14-18-12-9-11(7-8-13(12)19(14)6)10-17(4,5)15(20)21/h7-9H,10H2,1-6H3,(H,20,21). The third-order valence-electron chi connectivity index (χ3n) is 3.84. The molecule has 0 amide bonds. The molecule has 0 radical (unpaired) electrons. The zero-order valence-electron chi connectivity index (χ0n) is 13.7. The van der Waals surface area contributed by atoms with E-state index in [-0.39, 0.29) is 5.41 Å². The molecule has 0 atom stereocenters. The normalized spacial score (nSPS) is 12.9. The van der Waals surface area contributed by atoms with Crippen LogP contribution in [0, 0.1) is 5.41 Å². The molecule has 21 heavy (non-hydrogen) atoms.